The van der Waals surface area contributed by atoms with E-state index in [1.165, 1.54) is 18.2 Å². The zero-order valence-corrected chi connectivity index (χ0v) is 12.1. The molecule has 0 fully saturated rings. The first-order valence-corrected chi connectivity index (χ1v) is 7.24. The van der Waals surface area contributed by atoms with Gasteiger partial charge in [0.15, 0.2) is 0 Å². The molecule has 5 heteroatoms. The van der Waals surface area contributed by atoms with E-state index in [4.69, 9.17) is 5.11 Å². The monoisotopic (exact) mass is 306 g/mol. The molecule has 0 spiro atoms. The van der Waals surface area contributed by atoms with Crippen LogP contribution in [0.3, 0.4) is 0 Å². The van der Waals surface area contributed by atoms with E-state index in [1.807, 2.05) is 36.4 Å². The molecule has 3 aromatic rings. The fourth-order valence-corrected chi connectivity index (χ4v) is 3.00. The van der Waals surface area contributed by atoms with Gasteiger partial charge in [0.25, 0.3) is 0 Å². The summed E-state index contributed by atoms with van der Waals surface area (Å²) in [5.41, 5.74) is 2.53. The smallest absolute Gasteiger partial charge is 0.335 e. The Balaban J connectivity index is 1.82. The molecule has 4 rings (SSSR count). The van der Waals surface area contributed by atoms with Gasteiger partial charge >= 0.3 is 5.97 Å². The van der Waals surface area contributed by atoms with Crippen LogP contribution in [0.15, 0.2) is 54.6 Å². The summed E-state index contributed by atoms with van der Waals surface area (Å²) in [5, 5.41) is 28.1. The van der Waals surface area contributed by atoms with Gasteiger partial charge in [0, 0.05) is 22.3 Å². The summed E-state index contributed by atoms with van der Waals surface area (Å²) >= 11 is 0. The molecule has 0 aromatic heterocycles. The molecule has 0 radical (unpaired) electrons. The van der Waals surface area contributed by atoms with Crippen LogP contribution in [0.2, 0.25) is 0 Å². The Bertz CT molecular complexity index is 896. The van der Waals surface area contributed by atoms with Crippen LogP contribution >= 0.6 is 0 Å². The number of rotatable bonds is 2. The van der Waals surface area contributed by atoms with Gasteiger partial charge in [-0.25, -0.2) is 4.79 Å². The van der Waals surface area contributed by atoms with Crippen molar-refractivity contribution in [2.75, 3.05) is 10.6 Å². The van der Waals surface area contributed by atoms with Gasteiger partial charge in [0.05, 0.1) is 5.56 Å². The minimum atomic E-state index is -1.02. The SMILES string of the molecule is O=C(O)c1ccc(O)c(C2Nc3cccc4cccc(c34)N2)c1. The van der Waals surface area contributed by atoms with Crippen LogP contribution in [0.25, 0.3) is 10.8 Å². The van der Waals surface area contributed by atoms with Gasteiger partial charge < -0.3 is 20.8 Å². The quantitative estimate of drug-likeness (QED) is 0.579. The van der Waals surface area contributed by atoms with Crippen LogP contribution in [0.5, 0.6) is 5.75 Å². The molecule has 23 heavy (non-hydrogen) atoms. The molecule has 3 aromatic carbocycles. The molecule has 0 saturated heterocycles. The summed E-state index contributed by atoms with van der Waals surface area (Å²) in [7, 11) is 0. The van der Waals surface area contributed by atoms with Gasteiger partial charge in [0.1, 0.15) is 11.9 Å². The number of anilines is 2. The second kappa shape index (κ2) is 4.91. The molecule has 1 heterocycles. The molecule has 1 aliphatic rings. The lowest BCUT2D eigenvalue weighted by Gasteiger charge is -2.30. The zero-order chi connectivity index (χ0) is 16.0. The number of phenolic OH excluding ortho intramolecular Hbond substituents is 1. The second-order valence-electron chi connectivity index (χ2n) is 5.51. The highest BCUT2D eigenvalue weighted by Crippen LogP contribution is 2.40. The summed E-state index contributed by atoms with van der Waals surface area (Å²) in [6.07, 6.45) is -0.408. The number of hydrogen-bond donors (Lipinski definition) is 4. The fourth-order valence-electron chi connectivity index (χ4n) is 3.00. The standard InChI is InChI=1S/C18H14N2O3/c21-15-8-7-11(18(22)23)9-12(15)17-19-13-5-1-3-10-4-2-6-14(20-17)16(10)13/h1-9,17,19-21H,(H,22,23). The minimum absolute atomic E-state index is 0.0477. The molecule has 0 atom stereocenters. The Morgan fingerprint density at radius 3 is 2.22 bits per heavy atom. The van der Waals surface area contributed by atoms with Gasteiger partial charge in [-0.1, -0.05) is 24.3 Å². The van der Waals surface area contributed by atoms with E-state index in [1.54, 1.807) is 0 Å². The number of aromatic carboxylic acids is 1. The van der Waals surface area contributed by atoms with Crippen molar-refractivity contribution >= 4 is 28.1 Å². The molecule has 0 aliphatic carbocycles. The van der Waals surface area contributed by atoms with E-state index in [0.717, 1.165) is 22.1 Å². The van der Waals surface area contributed by atoms with Crippen molar-refractivity contribution in [3.05, 3.63) is 65.7 Å². The van der Waals surface area contributed by atoms with Gasteiger partial charge in [-0.05, 0) is 35.7 Å². The average Bonchev–Trinajstić information content (AvgIpc) is 2.55. The van der Waals surface area contributed by atoms with E-state index < -0.39 is 12.1 Å². The number of phenols is 1. The molecule has 5 nitrogen and oxygen atoms in total. The molecule has 0 unspecified atom stereocenters. The Morgan fingerprint density at radius 2 is 1.61 bits per heavy atom. The molecular weight excluding hydrogens is 292 g/mol. The van der Waals surface area contributed by atoms with Crippen LogP contribution < -0.4 is 10.6 Å². The highest BCUT2D eigenvalue weighted by Gasteiger charge is 2.23. The maximum absolute atomic E-state index is 11.2. The third kappa shape index (κ3) is 2.14. The Hall–Kier alpha value is -3.21. The van der Waals surface area contributed by atoms with Gasteiger partial charge in [-0.3, -0.25) is 0 Å². The first-order valence-electron chi connectivity index (χ1n) is 7.24. The van der Waals surface area contributed by atoms with Crippen LogP contribution in [0.1, 0.15) is 22.1 Å². The van der Waals surface area contributed by atoms with Gasteiger partial charge in [-0.15, -0.1) is 0 Å². The highest BCUT2D eigenvalue weighted by atomic mass is 16.4. The molecular formula is C18H14N2O3. The summed E-state index contributed by atoms with van der Waals surface area (Å²) in [5.74, 6) is -0.976. The Morgan fingerprint density at radius 1 is 0.957 bits per heavy atom. The van der Waals surface area contributed by atoms with Crippen molar-refractivity contribution in [3.63, 3.8) is 0 Å². The molecule has 1 aliphatic heterocycles. The first-order chi connectivity index (χ1) is 11.1. The molecule has 4 N–H and O–H groups in total. The molecule has 0 saturated carbocycles. The lowest BCUT2D eigenvalue weighted by Crippen LogP contribution is -2.24. The first kappa shape index (κ1) is 13.5. The molecule has 114 valence electrons. The van der Waals surface area contributed by atoms with E-state index in [9.17, 15) is 9.90 Å². The van der Waals surface area contributed by atoms with Crippen LogP contribution in [-0.2, 0) is 0 Å². The number of nitrogens with one attached hydrogen (secondary N) is 2. The topological polar surface area (TPSA) is 81.6 Å². The van der Waals surface area contributed by atoms with Crippen molar-refractivity contribution < 1.29 is 15.0 Å². The number of carboxylic acid groups (broad SMARTS) is 1. The predicted molar refractivity (Wildman–Crippen MR) is 89.0 cm³/mol. The fraction of sp³-hybridized carbons (Fsp3) is 0.0556. The van der Waals surface area contributed by atoms with Crippen LogP contribution in [-0.4, -0.2) is 16.2 Å². The van der Waals surface area contributed by atoms with Gasteiger partial charge in [0.2, 0.25) is 0 Å². The molecule has 0 amide bonds. The van der Waals surface area contributed by atoms with Gasteiger partial charge in [-0.2, -0.15) is 0 Å². The van der Waals surface area contributed by atoms with E-state index in [0.29, 0.717) is 5.56 Å². The van der Waals surface area contributed by atoms with Crippen molar-refractivity contribution in [2.24, 2.45) is 0 Å². The number of carbonyl (C=O) groups is 1. The largest absolute Gasteiger partial charge is 0.508 e. The summed E-state index contributed by atoms with van der Waals surface area (Å²) in [6.45, 7) is 0. The number of benzene rings is 3. The predicted octanol–water partition coefficient (Wildman–Crippen LogP) is 3.78. The van der Waals surface area contributed by atoms with Crippen molar-refractivity contribution in [3.8, 4) is 5.75 Å². The number of hydrogen-bond acceptors (Lipinski definition) is 4. The van der Waals surface area contributed by atoms with Crippen LogP contribution in [0, 0.1) is 0 Å². The van der Waals surface area contributed by atoms with Crippen molar-refractivity contribution in [2.45, 2.75) is 6.17 Å². The highest BCUT2D eigenvalue weighted by molar-refractivity contribution is 6.04. The lowest BCUT2D eigenvalue weighted by atomic mass is 10.0. The number of carboxylic acids is 1. The lowest BCUT2D eigenvalue weighted by molar-refractivity contribution is 0.0696. The van der Waals surface area contributed by atoms with E-state index >= 15 is 0 Å². The zero-order valence-electron chi connectivity index (χ0n) is 12.1. The molecule has 0 bridgehead atoms. The maximum Gasteiger partial charge on any atom is 0.335 e. The van der Waals surface area contributed by atoms with Crippen molar-refractivity contribution in [1.29, 1.82) is 0 Å². The maximum atomic E-state index is 11.2. The normalized spacial score (nSPS) is 13.4. The number of aromatic hydroxyl groups is 1. The summed E-state index contributed by atoms with van der Waals surface area (Å²) < 4.78 is 0. The van der Waals surface area contributed by atoms with Crippen molar-refractivity contribution in [1.82, 2.24) is 0 Å². The van der Waals surface area contributed by atoms with Crippen LogP contribution in [0.4, 0.5) is 11.4 Å². The summed E-state index contributed by atoms with van der Waals surface area (Å²) in [6, 6.07) is 16.2. The van der Waals surface area contributed by atoms with E-state index in [-0.39, 0.29) is 11.3 Å². The van der Waals surface area contributed by atoms with E-state index in [2.05, 4.69) is 10.6 Å². The third-order valence-corrected chi connectivity index (χ3v) is 4.09. The average molecular weight is 306 g/mol. The third-order valence-electron chi connectivity index (χ3n) is 4.09. The Labute approximate surface area is 132 Å². The minimum Gasteiger partial charge on any atom is -0.508 e. The summed E-state index contributed by atoms with van der Waals surface area (Å²) in [4.78, 5) is 11.2. The second-order valence-corrected chi connectivity index (χ2v) is 5.51. The Kier molecular flexibility index (Phi) is 2.87.